The minimum Gasteiger partial charge on any atom is -0.480 e. The van der Waals surface area contributed by atoms with Crippen molar-refractivity contribution in [2.45, 2.75) is 17.9 Å². The van der Waals surface area contributed by atoms with E-state index in [0.29, 0.717) is 27.8 Å². The van der Waals surface area contributed by atoms with E-state index >= 15 is 0 Å². The number of ketones is 2. The normalized spacial score (nSPS) is 24.1. The van der Waals surface area contributed by atoms with Gasteiger partial charge in [-0.05, 0) is 23.3 Å². The van der Waals surface area contributed by atoms with E-state index in [4.69, 9.17) is 9.15 Å². The van der Waals surface area contributed by atoms with Gasteiger partial charge in [-0.25, -0.2) is 4.79 Å². The molecule has 4 atom stereocenters. The lowest BCUT2D eigenvalue weighted by Gasteiger charge is -2.34. The molecular formula is C27H18O5. The van der Waals surface area contributed by atoms with Gasteiger partial charge in [0.05, 0.1) is 16.9 Å². The SMILES string of the molecule is O=C1C(c2ccccc2)C(=O)[C@@H]2Oc3c(c(=O)oc4ccccc34)[C@@H](c3ccccc3)C12. The highest BCUT2D eigenvalue weighted by Crippen LogP contribution is 2.51. The van der Waals surface area contributed by atoms with Gasteiger partial charge < -0.3 is 9.15 Å². The van der Waals surface area contributed by atoms with E-state index in [1.54, 1.807) is 30.3 Å². The molecule has 2 unspecified atom stereocenters. The summed E-state index contributed by atoms with van der Waals surface area (Å²) < 4.78 is 11.8. The molecule has 0 saturated heterocycles. The van der Waals surface area contributed by atoms with Crippen molar-refractivity contribution in [1.82, 2.24) is 0 Å². The molecule has 5 heteroatoms. The predicted octanol–water partition coefficient (Wildman–Crippen LogP) is 4.24. The molecule has 0 bridgehead atoms. The zero-order chi connectivity index (χ0) is 21.8. The van der Waals surface area contributed by atoms with Crippen LogP contribution in [0.1, 0.15) is 28.5 Å². The first-order valence-corrected chi connectivity index (χ1v) is 10.5. The predicted molar refractivity (Wildman–Crippen MR) is 118 cm³/mol. The van der Waals surface area contributed by atoms with E-state index in [-0.39, 0.29) is 11.6 Å². The van der Waals surface area contributed by atoms with Crippen molar-refractivity contribution in [3.05, 3.63) is 112 Å². The van der Waals surface area contributed by atoms with Gasteiger partial charge in [0.25, 0.3) is 0 Å². The number of carbonyl (C=O) groups excluding carboxylic acids is 2. The molecular weight excluding hydrogens is 404 g/mol. The van der Waals surface area contributed by atoms with Crippen LogP contribution in [0.25, 0.3) is 11.0 Å². The van der Waals surface area contributed by atoms with Crippen LogP contribution in [0.15, 0.2) is 94.1 Å². The molecule has 2 heterocycles. The van der Waals surface area contributed by atoms with E-state index in [9.17, 15) is 14.4 Å². The Morgan fingerprint density at radius 2 is 1.28 bits per heavy atom. The van der Waals surface area contributed by atoms with Gasteiger partial charge in [-0.15, -0.1) is 0 Å². The van der Waals surface area contributed by atoms with Crippen LogP contribution in [0.5, 0.6) is 5.75 Å². The van der Waals surface area contributed by atoms with Crippen LogP contribution >= 0.6 is 0 Å². The fourth-order valence-corrected chi connectivity index (χ4v) is 5.14. The average molecular weight is 422 g/mol. The van der Waals surface area contributed by atoms with Gasteiger partial charge in [-0.1, -0.05) is 72.8 Å². The highest BCUT2D eigenvalue weighted by molar-refractivity contribution is 6.18. The van der Waals surface area contributed by atoms with E-state index in [0.717, 1.165) is 5.56 Å². The van der Waals surface area contributed by atoms with Crippen LogP contribution in [0.4, 0.5) is 0 Å². The minimum atomic E-state index is -0.962. The average Bonchev–Trinajstić information content (AvgIpc) is 3.08. The smallest absolute Gasteiger partial charge is 0.343 e. The number of benzene rings is 3. The van der Waals surface area contributed by atoms with Gasteiger partial charge in [-0.3, -0.25) is 9.59 Å². The van der Waals surface area contributed by atoms with Crippen molar-refractivity contribution in [2.24, 2.45) is 5.92 Å². The molecule has 0 spiro atoms. The lowest BCUT2D eigenvalue weighted by atomic mass is 9.76. The quantitative estimate of drug-likeness (QED) is 0.357. The molecule has 1 aliphatic heterocycles. The van der Waals surface area contributed by atoms with Gasteiger partial charge in [0.1, 0.15) is 17.3 Å². The lowest BCUT2D eigenvalue weighted by molar-refractivity contribution is -0.126. The summed E-state index contributed by atoms with van der Waals surface area (Å²) in [5, 5.41) is 0.616. The second-order valence-electron chi connectivity index (χ2n) is 8.23. The Labute approximate surface area is 183 Å². The van der Waals surface area contributed by atoms with Gasteiger partial charge in [0.15, 0.2) is 17.7 Å². The van der Waals surface area contributed by atoms with Crippen LogP contribution in [0.2, 0.25) is 0 Å². The summed E-state index contributed by atoms with van der Waals surface area (Å²) in [6, 6.07) is 25.5. The Bertz CT molecular complexity index is 1420. The third-order valence-corrected chi connectivity index (χ3v) is 6.51. The van der Waals surface area contributed by atoms with Gasteiger partial charge >= 0.3 is 5.63 Å². The van der Waals surface area contributed by atoms with Crippen LogP contribution in [-0.2, 0) is 9.59 Å². The summed E-state index contributed by atoms with van der Waals surface area (Å²) in [4.78, 5) is 40.3. The lowest BCUT2D eigenvalue weighted by Crippen LogP contribution is -2.41. The molecule has 32 heavy (non-hydrogen) atoms. The molecule has 0 N–H and O–H groups in total. The van der Waals surface area contributed by atoms with E-state index < -0.39 is 29.5 Å². The minimum absolute atomic E-state index is 0.224. The first-order chi connectivity index (χ1) is 15.6. The maximum absolute atomic E-state index is 13.7. The molecule has 1 aliphatic carbocycles. The first kappa shape index (κ1) is 18.8. The summed E-state index contributed by atoms with van der Waals surface area (Å²) in [6.07, 6.45) is -0.962. The molecule has 5 nitrogen and oxygen atoms in total. The fraction of sp³-hybridized carbons (Fsp3) is 0.148. The Morgan fingerprint density at radius 3 is 2.00 bits per heavy atom. The van der Waals surface area contributed by atoms with Gasteiger partial charge in [0.2, 0.25) is 0 Å². The second kappa shape index (κ2) is 7.02. The number of carbonyl (C=O) groups is 2. The number of para-hydroxylation sites is 1. The number of rotatable bonds is 2. The van der Waals surface area contributed by atoms with Crippen molar-refractivity contribution >= 4 is 22.5 Å². The van der Waals surface area contributed by atoms with Crippen LogP contribution in [0.3, 0.4) is 0 Å². The van der Waals surface area contributed by atoms with Gasteiger partial charge in [-0.2, -0.15) is 0 Å². The van der Waals surface area contributed by atoms with Crippen LogP contribution in [-0.4, -0.2) is 17.7 Å². The summed E-state index contributed by atoms with van der Waals surface area (Å²) in [5.41, 5.74) is 1.57. The van der Waals surface area contributed by atoms with Gasteiger partial charge in [0, 0.05) is 5.92 Å². The maximum atomic E-state index is 13.7. The van der Waals surface area contributed by atoms with Crippen molar-refractivity contribution in [3.8, 4) is 5.75 Å². The van der Waals surface area contributed by atoms with Crippen LogP contribution < -0.4 is 10.4 Å². The maximum Gasteiger partial charge on any atom is 0.343 e. The zero-order valence-electron chi connectivity index (χ0n) is 16.9. The zero-order valence-corrected chi connectivity index (χ0v) is 16.9. The van der Waals surface area contributed by atoms with Crippen LogP contribution in [0, 0.1) is 5.92 Å². The molecule has 3 aromatic carbocycles. The standard InChI is InChI=1S/C27H18O5/c28-23-20(16-11-5-2-6-12-16)24(29)26-21(23)19(15-9-3-1-4-10-15)22-25(32-26)17-13-7-8-14-18(17)31-27(22)30/h1-14,19-21,26H/t19-,20?,21?,26+/m0/s1. The largest absolute Gasteiger partial charge is 0.480 e. The van der Waals surface area contributed by atoms with E-state index in [1.165, 1.54) is 0 Å². The topological polar surface area (TPSA) is 73.6 Å². The third kappa shape index (κ3) is 2.61. The Kier molecular flexibility index (Phi) is 4.12. The van der Waals surface area contributed by atoms with E-state index in [1.807, 2.05) is 54.6 Å². The molecule has 2 aliphatic rings. The van der Waals surface area contributed by atoms with Crippen molar-refractivity contribution < 1.29 is 18.7 Å². The first-order valence-electron chi connectivity index (χ1n) is 10.5. The molecule has 1 fully saturated rings. The highest BCUT2D eigenvalue weighted by Gasteiger charge is 2.58. The molecule has 4 aromatic rings. The number of hydrogen-bond acceptors (Lipinski definition) is 5. The van der Waals surface area contributed by atoms with E-state index in [2.05, 4.69) is 0 Å². The molecule has 0 amide bonds. The molecule has 1 saturated carbocycles. The number of Topliss-reactive ketones (excluding diaryl/α,β-unsaturated/α-hetero) is 2. The third-order valence-electron chi connectivity index (χ3n) is 6.51. The Morgan fingerprint density at radius 1 is 0.656 bits per heavy atom. The molecule has 156 valence electrons. The summed E-state index contributed by atoms with van der Waals surface area (Å²) in [5.74, 6) is -2.50. The summed E-state index contributed by atoms with van der Waals surface area (Å²) >= 11 is 0. The Balaban J connectivity index is 1.62. The molecule has 0 radical (unpaired) electrons. The monoisotopic (exact) mass is 422 g/mol. The fourth-order valence-electron chi connectivity index (χ4n) is 5.14. The number of ether oxygens (including phenoxy) is 1. The second-order valence-corrected chi connectivity index (χ2v) is 8.23. The number of fused-ring (bicyclic) bond motifs is 4. The van der Waals surface area contributed by atoms with Crippen molar-refractivity contribution in [3.63, 3.8) is 0 Å². The molecule has 6 rings (SSSR count). The number of hydrogen-bond donors (Lipinski definition) is 0. The van der Waals surface area contributed by atoms with Crippen molar-refractivity contribution in [2.75, 3.05) is 0 Å². The Hall–Kier alpha value is -3.99. The van der Waals surface area contributed by atoms with Crippen molar-refractivity contribution in [1.29, 1.82) is 0 Å². The summed E-state index contributed by atoms with van der Waals surface area (Å²) in [6.45, 7) is 0. The molecule has 1 aromatic heterocycles. The highest BCUT2D eigenvalue weighted by atomic mass is 16.5. The summed E-state index contributed by atoms with van der Waals surface area (Å²) in [7, 11) is 0.